The fraction of sp³-hybridized carbons (Fsp3) is 0.333. The first kappa shape index (κ1) is 20.3. The number of benzene rings is 1. The molecular weight excluding hydrogens is 370 g/mol. The molecule has 0 aliphatic carbocycles. The van der Waals surface area contributed by atoms with Crippen LogP contribution in [0.2, 0.25) is 0 Å². The summed E-state index contributed by atoms with van der Waals surface area (Å²) in [6, 6.07) is 10.9. The van der Waals surface area contributed by atoms with E-state index in [-0.39, 0.29) is 18.0 Å². The molecule has 0 aliphatic rings. The molecule has 3 rings (SSSR count). The largest absolute Gasteiger partial charge is 0.492 e. The van der Waals surface area contributed by atoms with Crippen LogP contribution in [0.1, 0.15) is 22.5 Å². The van der Waals surface area contributed by atoms with Gasteiger partial charge in [-0.1, -0.05) is 6.07 Å². The Hall–Kier alpha value is -3.42. The van der Waals surface area contributed by atoms with E-state index in [1.165, 1.54) is 6.07 Å². The van der Waals surface area contributed by atoms with Crippen LogP contribution in [0.5, 0.6) is 5.75 Å². The molecule has 0 atom stereocenters. The number of amides is 1. The average molecular weight is 395 g/mol. The maximum atomic E-state index is 12.2. The Bertz CT molecular complexity index is 1060. The van der Waals surface area contributed by atoms with E-state index in [1.54, 1.807) is 10.7 Å². The van der Waals surface area contributed by atoms with Crippen molar-refractivity contribution in [2.24, 2.45) is 0 Å². The highest BCUT2D eigenvalue weighted by molar-refractivity contribution is 5.75. The van der Waals surface area contributed by atoms with Crippen LogP contribution in [0.15, 0.2) is 41.2 Å². The van der Waals surface area contributed by atoms with Crippen LogP contribution >= 0.6 is 0 Å². The van der Waals surface area contributed by atoms with Crippen molar-refractivity contribution < 1.29 is 9.53 Å². The summed E-state index contributed by atoms with van der Waals surface area (Å²) in [5, 5.41) is 11.4. The minimum absolute atomic E-state index is 0.171. The van der Waals surface area contributed by atoms with Gasteiger partial charge in [0, 0.05) is 11.8 Å². The second kappa shape index (κ2) is 8.72. The van der Waals surface area contributed by atoms with Crippen molar-refractivity contribution in [3.05, 3.63) is 69.3 Å². The summed E-state index contributed by atoms with van der Waals surface area (Å²) in [6.45, 7) is 8.29. The molecule has 8 heteroatoms. The molecule has 0 bridgehead atoms. The second-order valence-electron chi connectivity index (χ2n) is 7.05. The Morgan fingerprint density at radius 2 is 1.76 bits per heavy atom. The smallest absolute Gasteiger partial charge is 0.267 e. The van der Waals surface area contributed by atoms with E-state index in [9.17, 15) is 9.59 Å². The summed E-state index contributed by atoms with van der Waals surface area (Å²) in [5.74, 6) is 0.947. The number of aromatic nitrogens is 4. The number of carbonyl (C=O) groups excluding carboxylic acids is 1. The molecule has 8 nitrogen and oxygen atoms in total. The Morgan fingerprint density at radius 3 is 2.41 bits per heavy atom. The number of rotatable bonds is 7. The lowest BCUT2D eigenvalue weighted by Crippen LogP contribution is -2.35. The van der Waals surface area contributed by atoms with E-state index in [1.807, 2.05) is 45.9 Å². The normalized spacial score (nSPS) is 10.8. The van der Waals surface area contributed by atoms with Gasteiger partial charge in [-0.25, -0.2) is 9.36 Å². The van der Waals surface area contributed by atoms with Crippen LogP contribution in [-0.2, 0) is 11.3 Å². The fourth-order valence-electron chi connectivity index (χ4n) is 3.09. The monoisotopic (exact) mass is 395 g/mol. The Morgan fingerprint density at radius 1 is 1.03 bits per heavy atom. The van der Waals surface area contributed by atoms with Crippen LogP contribution in [-0.4, -0.2) is 38.6 Å². The van der Waals surface area contributed by atoms with Gasteiger partial charge in [-0.15, -0.1) is 5.10 Å². The van der Waals surface area contributed by atoms with Gasteiger partial charge in [0.1, 0.15) is 18.9 Å². The lowest BCUT2D eigenvalue weighted by atomic mass is 10.1. The van der Waals surface area contributed by atoms with Gasteiger partial charge in [0.05, 0.1) is 12.2 Å². The van der Waals surface area contributed by atoms with Gasteiger partial charge in [-0.3, -0.25) is 9.59 Å². The minimum Gasteiger partial charge on any atom is -0.492 e. The summed E-state index contributed by atoms with van der Waals surface area (Å²) in [5.41, 5.74) is 3.64. The molecule has 0 aliphatic heterocycles. The third-order valence-corrected chi connectivity index (χ3v) is 4.26. The average Bonchev–Trinajstić information content (AvgIpc) is 2.98. The second-order valence-corrected chi connectivity index (χ2v) is 7.05. The predicted octanol–water partition coefficient (Wildman–Crippen LogP) is 1.86. The molecule has 0 radical (unpaired) electrons. The zero-order chi connectivity index (χ0) is 21.0. The van der Waals surface area contributed by atoms with Crippen molar-refractivity contribution in [2.45, 2.75) is 34.2 Å². The molecule has 0 saturated heterocycles. The van der Waals surface area contributed by atoms with Gasteiger partial charge in [0.25, 0.3) is 5.56 Å². The van der Waals surface area contributed by atoms with Crippen molar-refractivity contribution in [1.82, 2.24) is 24.9 Å². The molecule has 2 heterocycles. The summed E-state index contributed by atoms with van der Waals surface area (Å²) in [6.07, 6.45) is 0. The quantitative estimate of drug-likeness (QED) is 0.617. The van der Waals surface area contributed by atoms with E-state index in [0.717, 1.165) is 32.9 Å². The minimum atomic E-state index is -0.350. The lowest BCUT2D eigenvalue weighted by Gasteiger charge is -2.10. The topological polar surface area (TPSA) is 91.0 Å². The third-order valence-electron chi connectivity index (χ3n) is 4.26. The Balaban J connectivity index is 1.57. The Kier molecular flexibility index (Phi) is 6.11. The first-order valence-electron chi connectivity index (χ1n) is 9.41. The summed E-state index contributed by atoms with van der Waals surface area (Å²) < 4.78 is 8.44. The van der Waals surface area contributed by atoms with Crippen molar-refractivity contribution in [3.8, 4) is 11.6 Å². The first-order chi connectivity index (χ1) is 13.8. The molecule has 0 unspecified atom stereocenters. The van der Waals surface area contributed by atoms with Crippen LogP contribution in [0.4, 0.5) is 0 Å². The highest BCUT2D eigenvalue weighted by atomic mass is 16.5. The number of carbonyl (C=O) groups is 1. The van der Waals surface area contributed by atoms with Gasteiger partial charge in [-0.2, -0.15) is 5.10 Å². The molecule has 1 aromatic carbocycles. The molecule has 1 N–H and O–H groups in total. The van der Waals surface area contributed by atoms with Gasteiger partial charge in [-0.05, 0) is 63.1 Å². The van der Waals surface area contributed by atoms with Crippen molar-refractivity contribution in [3.63, 3.8) is 0 Å². The zero-order valence-electron chi connectivity index (χ0n) is 17.1. The van der Waals surface area contributed by atoms with E-state index in [0.29, 0.717) is 19.0 Å². The number of hydrogen-bond acceptors (Lipinski definition) is 5. The zero-order valence-corrected chi connectivity index (χ0v) is 17.1. The number of hydrogen-bond donors (Lipinski definition) is 1. The molecule has 0 saturated carbocycles. The first-order valence-corrected chi connectivity index (χ1v) is 9.41. The third kappa shape index (κ3) is 5.31. The maximum absolute atomic E-state index is 12.2. The number of nitrogens with zero attached hydrogens (tertiary/aromatic N) is 4. The maximum Gasteiger partial charge on any atom is 0.267 e. The van der Waals surface area contributed by atoms with Crippen LogP contribution in [0, 0.1) is 27.7 Å². The number of ether oxygens (including phenoxy) is 1. The molecule has 0 fully saturated rings. The molecule has 152 valence electrons. The number of nitrogens with one attached hydrogen (secondary N) is 1. The molecule has 29 heavy (non-hydrogen) atoms. The van der Waals surface area contributed by atoms with Gasteiger partial charge >= 0.3 is 0 Å². The van der Waals surface area contributed by atoms with Gasteiger partial charge in [0.15, 0.2) is 5.82 Å². The fourth-order valence-corrected chi connectivity index (χ4v) is 3.09. The van der Waals surface area contributed by atoms with Crippen LogP contribution in [0.25, 0.3) is 5.82 Å². The van der Waals surface area contributed by atoms with E-state index < -0.39 is 0 Å². The van der Waals surface area contributed by atoms with Crippen molar-refractivity contribution in [1.29, 1.82) is 0 Å². The summed E-state index contributed by atoms with van der Waals surface area (Å²) in [7, 11) is 0. The molecule has 2 aromatic heterocycles. The summed E-state index contributed by atoms with van der Waals surface area (Å²) >= 11 is 0. The van der Waals surface area contributed by atoms with Crippen LogP contribution < -0.4 is 15.6 Å². The van der Waals surface area contributed by atoms with Crippen molar-refractivity contribution in [2.75, 3.05) is 13.2 Å². The number of aryl methyl sites for hydroxylation is 4. The predicted molar refractivity (Wildman–Crippen MR) is 110 cm³/mol. The van der Waals surface area contributed by atoms with Gasteiger partial charge in [0.2, 0.25) is 5.91 Å². The van der Waals surface area contributed by atoms with E-state index in [2.05, 4.69) is 21.6 Å². The molecule has 3 aromatic rings. The highest BCUT2D eigenvalue weighted by Gasteiger charge is 2.10. The lowest BCUT2D eigenvalue weighted by molar-refractivity contribution is -0.122. The summed E-state index contributed by atoms with van der Waals surface area (Å²) in [4.78, 5) is 24.3. The van der Waals surface area contributed by atoms with E-state index in [4.69, 9.17) is 4.74 Å². The highest BCUT2D eigenvalue weighted by Crippen LogP contribution is 2.15. The molecule has 0 spiro atoms. The standard InChI is InChI=1S/C21H25N5O3/c1-14-9-15(2)11-18(10-14)29-8-7-22-20(27)13-25-21(28)6-5-19(24-25)26-17(4)12-16(3)23-26/h5-6,9-12H,7-8,13H2,1-4H3,(H,22,27). The van der Waals surface area contributed by atoms with Gasteiger partial charge < -0.3 is 10.1 Å². The molecular formula is C21H25N5O3. The van der Waals surface area contributed by atoms with Crippen molar-refractivity contribution >= 4 is 5.91 Å². The van der Waals surface area contributed by atoms with Crippen LogP contribution in [0.3, 0.4) is 0 Å². The molecule has 1 amide bonds. The van der Waals surface area contributed by atoms with E-state index >= 15 is 0 Å². The Labute approximate surface area is 169 Å². The SMILES string of the molecule is Cc1cc(C)cc(OCCNC(=O)Cn2nc(-n3nc(C)cc3C)ccc2=O)c1.